The number of carbonyl (C=O) groups is 2. The van der Waals surface area contributed by atoms with Crippen molar-refractivity contribution in [2.45, 2.75) is 13.3 Å². The summed E-state index contributed by atoms with van der Waals surface area (Å²) in [5.74, 6) is 0.651. The first-order chi connectivity index (χ1) is 12.1. The minimum absolute atomic E-state index is 0.0767. The van der Waals surface area contributed by atoms with Crippen molar-refractivity contribution in [3.63, 3.8) is 0 Å². The molecule has 1 saturated heterocycles. The van der Waals surface area contributed by atoms with Gasteiger partial charge in [-0.3, -0.25) is 9.59 Å². The Morgan fingerprint density at radius 1 is 1.32 bits per heavy atom. The maximum atomic E-state index is 12.4. The molecule has 0 radical (unpaired) electrons. The number of carbonyl (C=O) groups excluding carboxylic acids is 2. The number of nitrogens with zero attached hydrogens (tertiary/aromatic N) is 2. The molecule has 2 amide bonds. The molecule has 0 saturated carbocycles. The largest absolute Gasteiger partial charge is 0.486 e. The molecule has 0 spiro atoms. The lowest BCUT2D eigenvalue weighted by molar-refractivity contribution is -0.122. The van der Waals surface area contributed by atoms with Gasteiger partial charge in [0.1, 0.15) is 13.2 Å². The van der Waals surface area contributed by atoms with E-state index >= 15 is 0 Å². The summed E-state index contributed by atoms with van der Waals surface area (Å²) in [5.41, 5.74) is 0.717. The first kappa shape index (κ1) is 15.9. The third-order valence-corrected chi connectivity index (χ3v) is 5.01. The van der Waals surface area contributed by atoms with Crippen molar-refractivity contribution in [2.75, 3.05) is 30.0 Å². The molecule has 0 unspecified atom stereocenters. The number of anilines is 2. The van der Waals surface area contributed by atoms with Crippen LogP contribution in [0.2, 0.25) is 0 Å². The Hall–Kier alpha value is -2.61. The van der Waals surface area contributed by atoms with Gasteiger partial charge in [-0.05, 0) is 19.1 Å². The summed E-state index contributed by atoms with van der Waals surface area (Å²) >= 11 is 1.42. The predicted octanol–water partition coefficient (Wildman–Crippen LogP) is 2.21. The Kier molecular flexibility index (Phi) is 4.04. The zero-order valence-corrected chi connectivity index (χ0v) is 14.5. The molecule has 8 heteroatoms. The molecular weight excluding hydrogens is 342 g/mol. The van der Waals surface area contributed by atoms with Gasteiger partial charge in [-0.25, -0.2) is 4.98 Å². The maximum Gasteiger partial charge on any atom is 0.231 e. The summed E-state index contributed by atoms with van der Waals surface area (Å²) in [4.78, 5) is 31.6. The van der Waals surface area contributed by atoms with Crippen molar-refractivity contribution in [3.05, 3.63) is 29.3 Å². The number of thiazole rings is 1. The highest BCUT2D eigenvalue weighted by Gasteiger charge is 2.35. The first-order valence-electron chi connectivity index (χ1n) is 8.03. The summed E-state index contributed by atoms with van der Waals surface area (Å²) in [6.07, 6.45) is 1.90. The predicted molar refractivity (Wildman–Crippen MR) is 93.4 cm³/mol. The highest BCUT2D eigenvalue weighted by molar-refractivity contribution is 7.15. The molecular formula is C17H17N3O4S. The molecule has 1 aromatic carbocycles. The number of hydrogen-bond donors (Lipinski definition) is 1. The van der Waals surface area contributed by atoms with E-state index in [2.05, 4.69) is 10.3 Å². The molecule has 1 aromatic heterocycles. The number of ether oxygens (including phenoxy) is 2. The van der Waals surface area contributed by atoms with E-state index in [4.69, 9.17) is 9.47 Å². The van der Waals surface area contributed by atoms with E-state index in [9.17, 15) is 9.59 Å². The number of rotatable bonds is 3. The number of amides is 2. The van der Waals surface area contributed by atoms with Crippen LogP contribution in [0.1, 0.15) is 11.3 Å². The molecule has 25 heavy (non-hydrogen) atoms. The molecule has 0 aliphatic carbocycles. The summed E-state index contributed by atoms with van der Waals surface area (Å²) in [6, 6.07) is 5.40. The number of hydrogen-bond acceptors (Lipinski definition) is 6. The van der Waals surface area contributed by atoms with E-state index in [0.717, 1.165) is 10.6 Å². The van der Waals surface area contributed by atoms with E-state index in [1.165, 1.54) is 11.3 Å². The molecule has 7 nitrogen and oxygen atoms in total. The molecule has 0 bridgehead atoms. The Labute approximate surface area is 148 Å². The van der Waals surface area contributed by atoms with Gasteiger partial charge in [0.05, 0.1) is 5.92 Å². The minimum atomic E-state index is -0.398. The van der Waals surface area contributed by atoms with Crippen LogP contribution in [0, 0.1) is 12.8 Å². The summed E-state index contributed by atoms with van der Waals surface area (Å²) in [6.45, 7) is 3.28. The van der Waals surface area contributed by atoms with Crippen LogP contribution < -0.4 is 19.7 Å². The maximum absolute atomic E-state index is 12.4. The average Bonchev–Trinajstić information content (AvgIpc) is 3.20. The topological polar surface area (TPSA) is 80.8 Å². The van der Waals surface area contributed by atoms with Gasteiger partial charge in [0, 0.05) is 35.8 Å². The zero-order valence-electron chi connectivity index (χ0n) is 13.7. The molecule has 3 heterocycles. The molecule has 2 aliphatic rings. The number of fused-ring (bicyclic) bond motifs is 1. The second kappa shape index (κ2) is 6.36. The fraction of sp³-hybridized carbons (Fsp3) is 0.353. The minimum Gasteiger partial charge on any atom is -0.486 e. The fourth-order valence-electron chi connectivity index (χ4n) is 2.95. The third-order valence-electron chi connectivity index (χ3n) is 4.18. The van der Waals surface area contributed by atoms with Crippen molar-refractivity contribution >= 4 is 34.0 Å². The van der Waals surface area contributed by atoms with Crippen LogP contribution in [0.4, 0.5) is 10.8 Å². The highest BCUT2D eigenvalue weighted by atomic mass is 32.1. The molecule has 4 rings (SSSR count). The number of benzene rings is 1. The molecule has 1 N–H and O–H groups in total. The van der Waals surface area contributed by atoms with Crippen LogP contribution in [0.5, 0.6) is 11.5 Å². The van der Waals surface area contributed by atoms with Gasteiger partial charge in [-0.1, -0.05) is 0 Å². The van der Waals surface area contributed by atoms with E-state index in [1.807, 2.05) is 13.0 Å². The standard InChI is InChI=1S/C17H17N3O4S/c1-10-8-18-17(25-10)19-16(22)11-6-15(21)20(9-11)12-2-3-13-14(7-12)24-5-4-23-13/h2-3,7-8,11H,4-6,9H2,1H3,(H,18,19,22)/t11-/m1/s1. The molecule has 2 aliphatic heterocycles. The fourth-order valence-corrected chi connectivity index (χ4v) is 3.62. The van der Waals surface area contributed by atoms with Crippen molar-refractivity contribution in [1.82, 2.24) is 4.98 Å². The van der Waals surface area contributed by atoms with E-state index in [1.54, 1.807) is 23.2 Å². The normalized spacial score (nSPS) is 19.2. The monoisotopic (exact) mass is 359 g/mol. The van der Waals surface area contributed by atoms with E-state index < -0.39 is 5.92 Å². The molecule has 2 aromatic rings. The van der Waals surface area contributed by atoms with Gasteiger partial charge < -0.3 is 19.7 Å². The molecule has 1 atom stereocenters. The Balaban J connectivity index is 1.47. The first-order valence-corrected chi connectivity index (χ1v) is 8.85. The zero-order chi connectivity index (χ0) is 17.4. The molecule has 1 fully saturated rings. The average molecular weight is 359 g/mol. The number of aryl methyl sites for hydroxylation is 1. The highest BCUT2D eigenvalue weighted by Crippen LogP contribution is 2.36. The van der Waals surface area contributed by atoms with Crippen LogP contribution >= 0.6 is 11.3 Å². The summed E-state index contributed by atoms with van der Waals surface area (Å²) in [5, 5.41) is 3.35. The SMILES string of the molecule is Cc1cnc(NC(=O)[C@@H]2CC(=O)N(c3ccc4c(c3)OCCO4)C2)s1. The van der Waals surface area contributed by atoms with Crippen LogP contribution in [-0.2, 0) is 9.59 Å². The summed E-state index contributed by atoms with van der Waals surface area (Å²) in [7, 11) is 0. The second-order valence-electron chi connectivity index (χ2n) is 6.00. The van der Waals surface area contributed by atoms with E-state index in [-0.39, 0.29) is 18.2 Å². The molecule has 130 valence electrons. The van der Waals surface area contributed by atoms with Crippen LogP contribution in [0.25, 0.3) is 0 Å². The van der Waals surface area contributed by atoms with E-state index in [0.29, 0.717) is 36.4 Å². The van der Waals surface area contributed by atoms with Gasteiger partial charge >= 0.3 is 0 Å². The van der Waals surface area contributed by atoms with Gasteiger partial charge in [0.2, 0.25) is 11.8 Å². The third kappa shape index (κ3) is 3.17. The lowest BCUT2D eigenvalue weighted by Crippen LogP contribution is -2.28. The smallest absolute Gasteiger partial charge is 0.231 e. The van der Waals surface area contributed by atoms with Gasteiger partial charge in [0.25, 0.3) is 0 Å². The van der Waals surface area contributed by atoms with Crippen molar-refractivity contribution in [3.8, 4) is 11.5 Å². The Bertz CT molecular complexity index is 835. The lowest BCUT2D eigenvalue weighted by Gasteiger charge is -2.22. The van der Waals surface area contributed by atoms with Crippen LogP contribution in [0.3, 0.4) is 0 Å². The lowest BCUT2D eigenvalue weighted by atomic mass is 10.1. The van der Waals surface area contributed by atoms with Crippen molar-refractivity contribution in [1.29, 1.82) is 0 Å². The van der Waals surface area contributed by atoms with Gasteiger partial charge in [-0.2, -0.15) is 0 Å². The van der Waals surface area contributed by atoms with Gasteiger partial charge in [-0.15, -0.1) is 11.3 Å². The number of nitrogens with one attached hydrogen (secondary N) is 1. The second-order valence-corrected chi connectivity index (χ2v) is 7.23. The Morgan fingerprint density at radius 2 is 2.12 bits per heavy atom. The van der Waals surface area contributed by atoms with Gasteiger partial charge in [0.15, 0.2) is 16.6 Å². The van der Waals surface area contributed by atoms with Crippen molar-refractivity contribution in [2.24, 2.45) is 5.92 Å². The quantitative estimate of drug-likeness (QED) is 0.909. The number of aromatic nitrogens is 1. The van der Waals surface area contributed by atoms with Crippen LogP contribution in [0.15, 0.2) is 24.4 Å². The van der Waals surface area contributed by atoms with Crippen molar-refractivity contribution < 1.29 is 19.1 Å². The summed E-state index contributed by atoms with van der Waals surface area (Å²) < 4.78 is 11.1. The Morgan fingerprint density at radius 3 is 2.88 bits per heavy atom. The van der Waals surface area contributed by atoms with Crippen LogP contribution in [-0.4, -0.2) is 36.6 Å².